The molecule has 0 bridgehead atoms. The average Bonchev–Trinajstić information content (AvgIpc) is 2.42. The van der Waals surface area contributed by atoms with E-state index in [-0.39, 0.29) is 11.4 Å². The maximum absolute atomic E-state index is 11.3. The molecule has 1 heterocycles. The van der Waals surface area contributed by atoms with Crippen LogP contribution < -0.4 is 10.5 Å². The number of ether oxygens (including phenoxy) is 1. The number of nitrogens with two attached hydrogens (primary N) is 1. The lowest BCUT2D eigenvalue weighted by molar-refractivity contribution is 0.0995. The van der Waals surface area contributed by atoms with Crippen LogP contribution in [0.25, 0.3) is 0 Å². The number of hydrogen-bond donors (Lipinski definition) is 1. The van der Waals surface area contributed by atoms with Crippen molar-refractivity contribution in [1.29, 1.82) is 0 Å². The molecule has 2 aromatic rings. The van der Waals surface area contributed by atoms with Gasteiger partial charge >= 0.3 is 0 Å². The van der Waals surface area contributed by atoms with E-state index in [1.807, 2.05) is 31.2 Å². The smallest absolute Gasteiger partial charge is 0.254 e. The summed E-state index contributed by atoms with van der Waals surface area (Å²) in [7, 11) is 0. The first kappa shape index (κ1) is 14.3. The van der Waals surface area contributed by atoms with Gasteiger partial charge in [-0.3, -0.25) is 4.79 Å². The fourth-order valence-corrected chi connectivity index (χ4v) is 2.02. The molecule has 1 aromatic carbocycles. The van der Waals surface area contributed by atoms with Crippen LogP contribution in [-0.4, -0.2) is 17.5 Å². The van der Waals surface area contributed by atoms with E-state index in [1.54, 1.807) is 0 Å². The third-order valence-electron chi connectivity index (χ3n) is 2.95. The van der Waals surface area contributed by atoms with Gasteiger partial charge in [-0.15, -0.1) is 0 Å². The standard InChI is InChI=1S/C15H15ClN2O2/c1-10-4-2-3-5-11(10)6-7-20-15-13(14(17)19)8-12(16)9-18-15/h2-5,8-9H,6-7H2,1H3,(H2,17,19). The topological polar surface area (TPSA) is 65.2 Å². The second kappa shape index (κ2) is 6.39. The lowest BCUT2D eigenvalue weighted by atomic mass is 10.1. The first-order valence-corrected chi connectivity index (χ1v) is 6.58. The van der Waals surface area contributed by atoms with Gasteiger partial charge in [0, 0.05) is 12.6 Å². The summed E-state index contributed by atoms with van der Waals surface area (Å²) in [5.74, 6) is -0.388. The third kappa shape index (κ3) is 3.48. The van der Waals surface area contributed by atoms with Crippen LogP contribution in [0.15, 0.2) is 36.5 Å². The fraction of sp³-hybridized carbons (Fsp3) is 0.200. The number of halogens is 1. The van der Waals surface area contributed by atoms with Crippen molar-refractivity contribution < 1.29 is 9.53 Å². The molecule has 0 aliphatic heterocycles. The summed E-state index contributed by atoms with van der Waals surface area (Å²) in [4.78, 5) is 15.3. The van der Waals surface area contributed by atoms with Crippen molar-refractivity contribution in [2.24, 2.45) is 5.73 Å². The Balaban J connectivity index is 2.05. The Morgan fingerprint density at radius 3 is 2.85 bits per heavy atom. The van der Waals surface area contributed by atoms with Crippen LogP contribution in [0.2, 0.25) is 5.02 Å². The van der Waals surface area contributed by atoms with Crippen LogP contribution in [0.3, 0.4) is 0 Å². The largest absolute Gasteiger partial charge is 0.477 e. The van der Waals surface area contributed by atoms with Gasteiger partial charge in [0.15, 0.2) is 0 Å². The summed E-state index contributed by atoms with van der Waals surface area (Å²) in [6, 6.07) is 9.52. The van der Waals surface area contributed by atoms with Crippen molar-refractivity contribution in [2.45, 2.75) is 13.3 Å². The number of primary amides is 1. The highest BCUT2D eigenvalue weighted by Crippen LogP contribution is 2.19. The molecule has 104 valence electrons. The average molecular weight is 291 g/mol. The summed E-state index contributed by atoms with van der Waals surface area (Å²) in [6.07, 6.45) is 2.16. The molecular formula is C15H15ClN2O2. The molecule has 0 saturated heterocycles. The number of carbonyl (C=O) groups is 1. The Morgan fingerprint density at radius 2 is 2.15 bits per heavy atom. The van der Waals surface area contributed by atoms with E-state index < -0.39 is 5.91 Å². The van der Waals surface area contributed by atoms with Crippen LogP contribution in [-0.2, 0) is 6.42 Å². The van der Waals surface area contributed by atoms with Crippen molar-refractivity contribution in [3.8, 4) is 5.88 Å². The van der Waals surface area contributed by atoms with E-state index in [1.165, 1.54) is 23.4 Å². The Labute approximate surface area is 122 Å². The van der Waals surface area contributed by atoms with E-state index in [2.05, 4.69) is 4.98 Å². The van der Waals surface area contributed by atoms with E-state index in [4.69, 9.17) is 22.1 Å². The molecule has 0 radical (unpaired) electrons. The maximum Gasteiger partial charge on any atom is 0.254 e. The molecular weight excluding hydrogens is 276 g/mol. The van der Waals surface area contributed by atoms with Crippen molar-refractivity contribution >= 4 is 17.5 Å². The minimum Gasteiger partial charge on any atom is -0.477 e. The predicted molar refractivity (Wildman–Crippen MR) is 78.1 cm³/mol. The molecule has 1 amide bonds. The van der Waals surface area contributed by atoms with Crippen LogP contribution >= 0.6 is 11.6 Å². The summed E-state index contributed by atoms with van der Waals surface area (Å²) in [5, 5.41) is 0.352. The number of pyridine rings is 1. The molecule has 5 heteroatoms. The summed E-state index contributed by atoms with van der Waals surface area (Å²) in [6.45, 7) is 2.46. The van der Waals surface area contributed by atoms with Crippen LogP contribution in [0.5, 0.6) is 5.88 Å². The molecule has 0 aliphatic carbocycles. The maximum atomic E-state index is 11.3. The Hall–Kier alpha value is -2.07. The van der Waals surface area contributed by atoms with Crippen molar-refractivity contribution in [2.75, 3.05) is 6.61 Å². The molecule has 0 unspecified atom stereocenters. The zero-order valence-corrected chi connectivity index (χ0v) is 11.9. The number of nitrogens with zero attached hydrogens (tertiary/aromatic N) is 1. The molecule has 4 nitrogen and oxygen atoms in total. The van der Waals surface area contributed by atoms with Gasteiger partial charge in [0.25, 0.3) is 5.91 Å². The van der Waals surface area contributed by atoms with Gasteiger partial charge in [-0.05, 0) is 24.1 Å². The highest BCUT2D eigenvalue weighted by molar-refractivity contribution is 6.30. The Bertz CT molecular complexity index is 629. The normalized spacial score (nSPS) is 10.3. The van der Waals surface area contributed by atoms with Gasteiger partial charge in [-0.2, -0.15) is 0 Å². The zero-order chi connectivity index (χ0) is 14.5. The van der Waals surface area contributed by atoms with Crippen LogP contribution in [0.1, 0.15) is 21.5 Å². The summed E-state index contributed by atoms with van der Waals surface area (Å²) < 4.78 is 5.54. The quantitative estimate of drug-likeness (QED) is 0.921. The van der Waals surface area contributed by atoms with Gasteiger partial charge in [-0.1, -0.05) is 35.9 Å². The van der Waals surface area contributed by atoms with Gasteiger partial charge < -0.3 is 10.5 Å². The minimum atomic E-state index is -0.606. The minimum absolute atomic E-state index is 0.197. The number of rotatable bonds is 5. The second-order valence-electron chi connectivity index (χ2n) is 4.40. The first-order valence-electron chi connectivity index (χ1n) is 6.20. The number of aromatic nitrogens is 1. The second-order valence-corrected chi connectivity index (χ2v) is 4.83. The number of hydrogen-bond acceptors (Lipinski definition) is 3. The van der Waals surface area contributed by atoms with Crippen molar-refractivity contribution in [3.05, 3.63) is 58.2 Å². The number of carbonyl (C=O) groups excluding carboxylic acids is 1. The highest BCUT2D eigenvalue weighted by Gasteiger charge is 2.12. The molecule has 2 N–H and O–H groups in total. The monoisotopic (exact) mass is 290 g/mol. The number of benzene rings is 1. The van der Waals surface area contributed by atoms with E-state index in [0.29, 0.717) is 11.6 Å². The van der Waals surface area contributed by atoms with Crippen LogP contribution in [0, 0.1) is 6.92 Å². The molecule has 0 saturated carbocycles. The SMILES string of the molecule is Cc1ccccc1CCOc1ncc(Cl)cc1C(N)=O. The molecule has 0 atom stereocenters. The molecule has 0 aliphatic rings. The fourth-order valence-electron chi connectivity index (χ4n) is 1.87. The van der Waals surface area contributed by atoms with E-state index in [0.717, 1.165) is 6.42 Å². The Kier molecular flexibility index (Phi) is 4.58. The van der Waals surface area contributed by atoms with Gasteiger partial charge in [0.1, 0.15) is 5.56 Å². The van der Waals surface area contributed by atoms with Crippen molar-refractivity contribution in [1.82, 2.24) is 4.98 Å². The van der Waals surface area contributed by atoms with Gasteiger partial charge in [0.05, 0.1) is 11.6 Å². The summed E-state index contributed by atoms with van der Waals surface area (Å²) >= 11 is 5.79. The summed E-state index contributed by atoms with van der Waals surface area (Å²) in [5.41, 5.74) is 7.87. The lowest BCUT2D eigenvalue weighted by Crippen LogP contribution is -2.15. The molecule has 0 fully saturated rings. The number of amides is 1. The molecule has 20 heavy (non-hydrogen) atoms. The molecule has 0 spiro atoms. The van der Waals surface area contributed by atoms with Gasteiger partial charge in [0.2, 0.25) is 5.88 Å². The van der Waals surface area contributed by atoms with E-state index >= 15 is 0 Å². The zero-order valence-electron chi connectivity index (χ0n) is 11.1. The molecule has 2 rings (SSSR count). The third-order valence-corrected chi connectivity index (χ3v) is 3.16. The Morgan fingerprint density at radius 1 is 1.40 bits per heavy atom. The van der Waals surface area contributed by atoms with Gasteiger partial charge in [-0.25, -0.2) is 4.98 Å². The van der Waals surface area contributed by atoms with Crippen LogP contribution in [0.4, 0.5) is 0 Å². The predicted octanol–water partition coefficient (Wildman–Crippen LogP) is 2.76. The highest BCUT2D eigenvalue weighted by atomic mass is 35.5. The molecule has 1 aromatic heterocycles. The first-order chi connectivity index (χ1) is 9.58. The number of aryl methyl sites for hydroxylation is 1. The van der Waals surface area contributed by atoms with E-state index in [9.17, 15) is 4.79 Å². The van der Waals surface area contributed by atoms with Crippen molar-refractivity contribution in [3.63, 3.8) is 0 Å². The lowest BCUT2D eigenvalue weighted by Gasteiger charge is -2.09.